The van der Waals surface area contributed by atoms with Crippen LogP contribution < -0.4 is 0 Å². The van der Waals surface area contributed by atoms with E-state index in [1.165, 1.54) is 76.5 Å². The normalized spacial score (nSPS) is 11.4. The fourth-order valence-corrected chi connectivity index (χ4v) is 8.07. The Hall–Kier alpha value is -6.57. The first-order valence-corrected chi connectivity index (χ1v) is 17.5. The smallest absolute Gasteiger partial charge is 0.0717 e. The first-order chi connectivity index (χ1) is 25.1. The molecule has 0 fully saturated rings. The van der Waals surface area contributed by atoms with E-state index in [2.05, 4.69) is 178 Å². The van der Waals surface area contributed by atoms with Crippen LogP contribution in [0.1, 0.15) is 16.8 Å². The summed E-state index contributed by atoms with van der Waals surface area (Å²) in [5.41, 5.74) is 12.4. The van der Waals surface area contributed by atoms with Gasteiger partial charge in [-0.3, -0.25) is 4.98 Å². The molecule has 0 radical (unpaired) electrons. The third-order valence-electron chi connectivity index (χ3n) is 10.3. The lowest BCUT2D eigenvalue weighted by Crippen LogP contribution is -1.96. The molecule has 0 unspecified atom stereocenters. The van der Waals surface area contributed by atoms with E-state index in [1.807, 2.05) is 12.2 Å². The first-order valence-electron chi connectivity index (χ1n) is 17.5. The number of aromatic nitrogens is 1. The van der Waals surface area contributed by atoms with E-state index in [0.717, 1.165) is 28.1 Å². The van der Waals surface area contributed by atoms with Crippen molar-refractivity contribution in [3.8, 4) is 44.6 Å². The van der Waals surface area contributed by atoms with Gasteiger partial charge in [0.25, 0.3) is 0 Å². The van der Waals surface area contributed by atoms with Crippen molar-refractivity contribution in [3.63, 3.8) is 0 Å². The third kappa shape index (κ3) is 4.97. The molecule has 1 heterocycles. The van der Waals surface area contributed by atoms with Gasteiger partial charge in [0.05, 0.1) is 5.69 Å². The molecule has 0 spiro atoms. The Morgan fingerprint density at radius 1 is 0.392 bits per heavy atom. The van der Waals surface area contributed by atoms with Gasteiger partial charge in [0.1, 0.15) is 0 Å². The minimum Gasteiger partial charge on any atom is -0.253 e. The second kappa shape index (κ2) is 12.4. The van der Waals surface area contributed by atoms with Gasteiger partial charge in [-0.15, -0.1) is 0 Å². The minimum absolute atomic E-state index is 0.998. The maximum absolute atomic E-state index is 4.97. The number of hydrogen-bond acceptors (Lipinski definition) is 1. The van der Waals surface area contributed by atoms with Crippen molar-refractivity contribution < 1.29 is 0 Å². The predicted octanol–water partition coefficient (Wildman–Crippen LogP) is 14.0. The van der Waals surface area contributed by atoms with E-state index in [-0.39, 0.29) is 0 Å². The minimum atomic E-state index is 0.998. The Morgan fingerprint density at radius 2 is 0.824 bits per heavy atom. The molecular weight excluding hydrogens is 615 g/mol. The van der Waals surface area contributed by atoms with Crippen LogP contribution in [0.15, 0.2) is 171 Å². The molecule has 1 aromatic heterocycles. The van der Waals surface area contributed by atoms with E-state index < -0.39 is 0 Å². The molecule has 0 N–H and O–H groups in total. The molecule has 0 aliphatic carbocycles. The van der Waals surface area contributed by atoms with Crippen LogP contribution in [0.3, 0.4) is 0 Å². The molecule has 1 nitrogen and oxygen atoms in total. The molecule has 51 heavy (non-hydrogen) atoms. The van der Waals surface area contributed by atoms with Crippen LogP contribution in [0.5, 0.6) is 0 Å². The van der Waals surface area contributed by atoms with Crippen molar-refractivity contribution in [1.82, 2.24) is 4.98 Å². The zero-order chi connectivity index (χ0) is 34.5. The summed E-state index contributed by atoms with van der Waals surface area (Å²) in [6.45, 7) is 10.7. The van der Waals surface area contributed by atoms with Crippen molar-refractivity contribution in [2.75, 3.05) is 0 Å². The van der Waals surface area contributed by atoms with E-state index in [4.69, 9.17) is 4.98 Å². The Labute approximate surface area is 298 Å². The fraction of sp³-hybridized carbons (Fsp3) is 0.0200. The Kier molecular flexibility index (Phi) is 7.41. The number of pyridine rings is 1. The largest absolute Gasteiger partial charge is 0.253 e. The fourth-order valence-electron chi connectivity index (χ4n) is 8.07. The summed E-state index contributed by atoms with van der Waals surface area (Å²) in [4.78, 5) is 4.97. The molecule has 240 valence electrons. The van der Waals surface area contributed by atoms with Gasteiger partial charge >= 0.3 is 0 Å². The lowest BCUT2D eigenvalue weighted by Gasteiger charge is -2.21. The van der Waals surface area contributed by atoms with Crippen LogP contribution in [0.25, 0.3) is 99.9 Å². The molecule has 9 aromatic rings. The van der Waals surface area contributed by atoms with Gasteiger partial charge in [-0.2, -0.15) is 0 Å². The van der Waals surface area contributed by atoms with Crippen LogP contribution in [0.2, 0.25) is 0 Å². The standard InChI is InChI=1S/C50H35N/c1-4-38-39(5-2)49(37-30-25-33-16-6-7-17-36(33)31-37)41-19-9-8-18-40(41)47(38)34-26-28-35(29-27-34)48-42-20-10-12-22-44(42)50(45-23-13-11-21-43(45)48)46-24-14-15-32(3)51-46/h4-31H,1-2H2,3H3. The molecule has 0 bridgehead atoms. The van der Waals surface area contributed by atoms with Crippen LogP contribution in [0, 0.1) is 6.92 Å². The number of fused-ring (bicyclic) bond motifs is 4. The van der Waals surface area contributed by atoms with Gasteiger partial charge in [0.2, 0.25) is 0 Å². The molecule has 1 heteroatoms. The Balaban J connectivity index is 1.26. The molecular formula is C50H35N. The van der Waals surface area contributed by atoms with E-state index in [9.17, 15) is 0 Å². The molecule has 0 saturated carbocycles. The van der Waals surface area contributed by atoms with E-state index in [0.29, 0.717) is 0 Å². The zero-order valence-electron chi connectivity index (χ0n) is 28.5. The molecule has 0 aliphatic heterocycles. The van der Waals surface area contributed by atoms with Crippen molar-refractivity contribution in [2.45, 2.75) is 6.92 Å². The topological polar surface area (TPSA) is 12.9 Å². The lowest BCUT2D eigenvalue weighted by molar-refractivity contribution is 1.21. The van der Waals surface area contributed by atoms with Crippen LogP contribution in [-0.4, -0.2) is 4.98 Å². The van der Waals surface area contributed by atoms with Crippen molar-refractivity contribution in [3.05, 3.63) is 188 Å². The van der Waals surface area contributed by atoms with Gasteiger partial charge in [-0.05, 0) is 113 Å². The summed E-state index contributed by atoms with van der Waals surface area (Å²) in [6.07, 6.45) is 3.99. The monoisotopic (exact) mass is 649 g/mol. The van der Waals surface area contributed by atoms with E-state index in [1.54, 1.807) is 0 Å². The Bertz CT molecular complexity index is 2780. The average molecular weight is 650 g/mol. The van der Waals surface area contributed by atoms with E-state index >= 15 is 0 Å². The maximum atomic E-state index is 4.97. The van der Waals surface area contributed by atoms with Crippen LogP contribution in [-0.2, 0) is 0 Å². The highest BCUT2D eigenvalue weighted by atomic mass is 14.7. The summed E-state index contributed by atoms with van der Waals surface area (Å²) in [6, 6.07) is 56.9. The number of aryl methyl sites for hydroxylation is 1. The van der Waals surface area contributed by atoms with Crippen molar-refractivity contribution >= 4 is 55.2 Å². The highest BCUT2D eigenvalue weighted by molar-refractivity contribution is 6.21. The quantitative estimate of drug-likeness (QED) is 0.163. The van der Waals surface area contributed by atoms with Crippen LogP contribution in [0.4, 0.5) is 0 Å². The molecule has 0 amide bonds. The number of benzene rings is 8. The molecule has 9 rings (SSSR count). The van der Waals surface area contributed by atoms with Gasteiger partial charge in [-0.1, -0.05) is 165 Å². The van der Waals surface area contributed by atoms with Crippen molar-refractivity contribution in [1.29, 1.82) is 0 Å². The second-order valence-corrected chi connectivity index (χ2v) is 13.2. The van der Waals surface area contributed by atoms with Crippen LogP contribution >= 0.6 is 0 Å². The lowest BCUT2D eigenvalue weighted by atomic mass is 9.82. The number of nitrogens with zero attached hydrogens (tertiary/aromatic N) is 1. The summed E-state index contributed by atoms with van der Waals surface area (Å²) in [5.74, 6) is 0. The SMILES string of the molecule is C=Cc1c(C=C)c(-c2ccc3ccccc3c2)c2ccccc2c1-c1ccc(-c2c3ccccc3c(-c3cccc(C)n3)c3ccccc23)cc1. The third-order valence-corrected chi connectivity index (χ3v) is 10.3. The number of rotatable bonds is 6. The van der Waals surface area contributed by atoms with Gasteiger partial charge in [0, 0.05) is 11.3 Å². The highest BCUT2D eigenvalue weighted by Crippen LogP contribution is 2.46. The molecule has 0 saturated heterocycles. The first kappa shape index (κ1) is 30.5. The summed E-state index contributed by atoms with van der Waals surface area (Å²) in [7, 11) is 0. The highest BCUT2D eigenvalue weighted by Gasteiger charge is 2.21. The van der Waals surface area contributed by atoms with Gasteiger partial charge < -0.3 is 0 Å². The summed E-state index contributed by atoms with van der Waals surface area (Å²) < 4.78 is 0. The maximum Gasteiger partial charge on any atom is 0.0717 e. The molecule has 0 aliphatic rings. The predicted molar refractivity (Wildman–Crippen MR) is 221 cm³/mol. The second-order valence-electron chi connectivity index (χ2n) is 13.2. The van der Waals surface area contributed by atoms with Gasteiger partial charge in [0.15, 0.2) is 0 Å². The molecule has 0 atom stereocenters. The number of hydrogen-bond donors (Lipinski definition) is 0. The Morgan fingerprint density at radius 3 is 1.35 bits per heavy atom. The summed E-state index contributed by atoms with van der Waals surface area (Å²) in [5, 5.41) is 9.68. The molecule has 8 aromatic carbocycles. The average Bonchev–Trinajstić information content (AvgIpc) is 3.18. The van der Waals surface area contributed by atoms with Gasteiger partial charge in [-0.25, -0.2) is 0 Å². The zero-order valence-corrected chi connectivity index (χ0v) is 28.5. The summed E-state index contributed by atoms with van der Waals surface area (Å²) >= 11 is 0. The van der Waals surface area contributed by atoms with Crippen molar-refractivity contribution in [2.24, 2.45) is 0 Å².